The second-order valence-corrected chi connectivity index (χ2v) is 9.43. The Bertz CT molecular complexity index is 928. The minimum atomic E-state index is -0.717. The van der Waals surface area contributed by atoms with Gasteiger partial charge >= 0.3 is 6.09 Å². The fourth-order valence-electron chi connectivity index (χ4n) is 2.96. The molecule has 1 aliphatic rings. The van der Waals surface area contributed by atoms with Gasteiger partial charge in [0.2, 0.25) is 0 Å². The molecule has 1 heterocycles. The molecule has 0 bridgehead atoms. The number of nitro groups is 1. The fourth-order valence-corrected chi connectivity index (χ4v) is 3.95. The van der Waals surface area contributed by atoms with Crippen LogP contribution >= 0.6 is 11.9 Å². The van der Waals surface area contributed by atoms with Crippen molar-refractivity contribution in [3.05, 3.63) is 58.7 Å². The summed E-state index contributed by atoms with van der Waals surface area (Å²) in [4.78, 5) is 45.7. The van der Waals surface area contributed by atoms with E-state index in [9.17, 15) is 19.7 Å². The maximum Gasteiger partial charge on any atom is 0.410 e. The summed E-state index contributed by atoms with van der Waals surface area (Å²) in [5.41, 5.74) is -0.372. The van der Waals surface area contributed by atoms with Crippen LogP contribution in [0.2, 0.25) is 0 Å². The Morgan fingerprint density at radius 3 is 2.58 bits per heavy atom. The first kappa shape index (κ1) is 26.4. The van der Waals surface area contributed by atoms with Gasteiger partial charge in [0, 0.05) is 38.8 Å². The zero-order valence-corrected chi connectivity index (χ0v) is 20.3. The summed E-state index contributed by atoms with van der Waals surface area (Å²) in [6, 6.07) is 5.52. The number of likely N-dealkylation sites (N-methyl/N-ethyl adjacent to an activating group) is 1. The Morgan fingerprint density at radius 1 is 1.33 bits per heavy atom. The Balaban J connectivity index is 2.44. The molecule has 1 unspecified atom stereocenters. The highest BCUT2D eigenvalue weighted by atomic mass is 32.2. The zero-order valence-electron chi connectivity index (χ0n) is 19.5. The molecule has 1 atom stereocenters. The van der Waals surface area contributed by atoms with Crippen molar-refractivity contribution >= 4 is 29.6 Å². The lowest BCUT2D eigenvalue weighted by Crippen LogP contribution is -2.51. The van der Waals surface area contributed by atoms with E-state index in [1.54, 1.807) is 59.1 Å². The summed E-state index contributed by atoms with van der Waals surface area (Å²) in [5, 5.41) is 11.5. The number of rotatable bonds is 8. The monoisotopic (exact) mass is 478 g/mol. The SMILES string of the molecule is C=CCON(Sc1ccccc1[N+](=O)[O-])C1CN(C(=O)OC(C)(C)C)CC=C1C(=O)N(C)C. The largest absolute Gasteiger partial charge is 0.444 e. The highest BCUT2D eigenvalue weighted by molar-refractivity contribution is 7.97. The first-order valence-electron chi connectivity index (χ1n) is 10.3. The van der Waals surface area contributed by atoms with Crippen molar-refractivity contribution in [2.75, 3.05) is 33.8 Å². The number of hydrogen-bond acceptors (Lipinski definition) is 8. The molecule has 2 amide bonds. The van der Waals surface area contributed by atoms with E-state index in [4.69, 9.17) is 9.57 Å². The van der Waals surface area contributed by atoms with E-state index in [0.717, 1.165) is 11.9 Å². The van der Waals surface area contributed by atoms with E-state index >= 15 is 0 Å². The molecule has 1 aliphatic heterocycles. The first-order valence-corrected chi connectivity index (χ1v) is 11.1. The summed E-state index contributed by atoms with van der Waals surface area (Å²) in [6.07, 6.45) is 2.66. The number of carbonyl (C=O) groups excluding carboxylic acids is 2. The van der Waals surface area contributed by atoms with Gasteiger partial charge in [0.1, 0.15) is 10.5 Å². The van der Waals surface area contributed by atoms with Crippen LogP contribution < -0.4 is 0 Å². The third-order valence-corrected chi connectivity index (χ3v) is 5.49. The molecular formula is C22H30N4O6S. The molecule has 1 aromatic carbocycles. The summed E-state index contributed by atoms with van der Waals surface area (Å²) >= 11 is 0.981. The molecule has 0 aromatic heterocycles. The maximum absolute atomic E-state index is 12.9. The molecule has 0 fully saturated rings. The highest BCUT2D eigenvalue weighted by Crippen LogP contribution is 2.35. The average molecular weight is 479 g/mol. The summed E-state index contributed by atoms with van der Waals surface area (Å²) in [7, 11) is 3.26. The number of benzene rings is 1. The number of ether oxygens (including phenoxy) is 1. The Labute approximate surface area is 198 Å². The van der Waals surface area contributed by atoms with Gasteiger partial charge in [-0.05, 0) is 38.8 Å². The van der Waals surface area contributed by atoms with Crippen molar-refractivity contribution in [2.24, 2.45) is 0 Å². The van der Waals surface area contributed by atoms with Gasteiger partial charge < -0.3 is 14.5 Å². The minimum absolute atomic E-state index is 0.0884. The third-order valence-electron chi connectivity index (χ3n) is 4.41. The van der Waals surface area contributed by atoms with E-state index in [-0.39, 0.29) is 31.3 Å². The molecule has 0 radical (unpaired) electrons. The van der Waals surface area contributed by atoms with Crippen molar-refractivity contribution in [2.45, 2.75) is 37.3 Å². The lowest BCUT2D eigenvalue weighted by Gasteiger charge is -2.38. The van der Waals surface area contributed by atoms with Crippen LogP contribution in [-0.4, -0.2) is 76.6 Å². The van der Waals surface area contributed by atoms with Gasteiger partial charge in [-0.3, -0.25) is 19.7 Å². The minimum Gasteiger partial charge on any atom is -0.444 e. The van der Waals surface area contributed by atoms with E-state index in [1.807, 2.05) is 0 Å². The van der Waals surface area contributed by atoms with Gasteiger partial charge in [-0.1, -0.05) is 24.3 Å². The lowest BCUT2D eigenvalue weighted by molar-refractivity contribution is -0.387. The van der Waals surface area contributed by atoms with Gasteiger partial charge in [0.05, 0.1) is 17.6 Å². The molecule has 33 heavy (non-hydrogen) atoms. The van der Waals surface area contributed by atoms with Crippen molar-refractivity contribution < 1.29 is 24.1 Å². The van der Waals surface area contributed by atoms with Gasteiger partial charge in [-0.25, -0.2) is 4.79 Å². The van der Waals surface area contributed by atoms with Crippen LogP contribution in [0.1, 0.15) is 20.8 Å². The maximum atomic E-state index is 12.9. The average Bonchev–Trinajstić information content (AvgIpc) is 2.74. The van der Waals surface area contributed by atoms with E-state index < -0.39 is 22.7 Å². The van der Waals surface area contributed by atoms with Crippen LogP contribution in [0.25, 0.3) is 0 Å². The number of nitro benzene ring substituents is 1. The van der Waals surface area contributed by atoms with Crippen molar-refractivity contribution in [3.63, 3.8) is 0 Å². The molecule has 11 heteroatoms. The van der Waals surface area contributed by atoms with Crippen molar-refractivity contribution in [1.29, 1.82) is 0 Å². The predicted octanol–water partition coefficient (Wildman–Crippen LogP) is 3.66. The number of carbonyl (C=O) groups is 2. The first-order chi connectivity index (χ1) is 15.4. The molecule has 2 rings (SSSR count). The van der Waals surface area contributed by atoms with Gasteiger partial charge in [-0.15, -0.1) is 11.0 Å². The predicted molar refractivity (Wildman–Crippen MR) is 125 cm³/mol. The second kappa shape index (κ2) is 11.3. The Kier molecular flexibility index (Phi) is 9.03. The van der Waals surface area contributed by atoms with Crippen LogP contribution in [0.15, 0.2) is 53.5 Å². The molecule has 0 N–H and O–H groups in total. The summed E-state index contributed by atoms with van der Waals surface area (Å²) in [5.74, 6) is -0.251. The van der Waals surface area contributed by atoms with Gasteiger partial charge in [0.15, 0.2) is 0 Å². The standard InChI is InChI=1S/C22H30N4O6S/c1-7-14-31-26(33-19-11-9-8-10-17(19)25(29)30)18-15-24(21(28)32-22(2,3)4)13-12-16(18)20(27)23(5)6/h7-12,18H,1,13-15H2,2-6H3. The van der Waals surface area contributed by atoms with E-state index in [2.05, 4.69) is 6.58 Å². The van der Waals surface area contributed by atoms with E-state index in [0.29, 0.717) is 10.5 Å². The molecule has 10 nitrogen and oxygen atoms in total. The van der Waals surface area contributed by atoms with Crippen molar-refractivity contribution in [1.82, 2.24) is 14.3 Å². The van der Waals surface area contributed by atoms with Crippen LogP contribution in [-0.2, 0) is 14.4 Å². The van der Waals surface area contributed by atoms with E-state index in [1.165, 1.54) is 26.4 Å². The molecule has 1 aromatic rings. The van der Waals surface area contributed by atoms with Crippen molar-refractivity contribution in [3.8, 4) is 0 Å². The second-order valence-electron chi connectivity index (χ2n) is 8.45. The highest BCUT2D eigenvalue weighted by Gasteiger charge is 2.37. The number of amides is 2. The fraction of sp³-hybridized carbons (Fsp3) is 0.455. The summed E-state index contributed by atoms with van der Waals surface area (Å²) in [6.45, 7) is 9.34. The number of hydrogen-bond donors (Lipinski definition) is 0. The summed E-state index contributed by atoms with van der Waals surface area (Å²) < 4.78 is 6.90. The van der Waals surface area contributed by atoms with Crippen LogP contribution in [0.5, 0.6) is 0 Å². The van der Waals surface area contributed by atoms with Crippen LogP contribution in [0, 0.1) is 10.1 Å². The smallest absolute Gasteiger partial charge is 0.410 e. The van der Waals surface area contributed by atoms with Crippen LogP contribution in [0.4, 0.5) is 10.5 Å². The molecule has 0 saturated carbocycles. The normalized spacial score (nSPS) is 16.2. The molecular weight excluding hydrogens is 448 g/mol. The Morgan fingerprint density at radius 2 is 2.00 bits per heavy atom. The number of nitrogens with zero attached hydrogens (tertiary/aromatic N) is 4. The third kappa shape index (κ3) is 7.31. The number of para-hydroxylation sites is 1. The molecule has 180 valence electrons. The lowest BCUT2D eigenvalue weighted by atomic mass is 10.0. The quantitative estimate of drug-likeness (QED) is 0.241. The number of hydroxylamine groups is 1. The van der Waals surface area contributed by atoms with Gasteiger partial charge in [-0.2, -0.15) is 0 Å². The zero-order chi connectivity index (χ0) is 24.8. The molecule has 0 aliphatic carbocycles. The molecule has 0 saturated heterocycles. The van der Waals surface area contributed by atoms with Crippen LogP contribution in [0.3, 0.4) is 0 Å². The van der Waals surface area contributed by atoms with Gasteiger partial charge in [0.25, 0.3) is 11.6 Å². The Hall–Kier alpha value is -2.89. The topological polar surface area (TPSA) is 105 Å². The molecule has 0 spiro atoms.